The summed E-state index contributed by atoms with van der Waals surface area (Å²) in [5.74, 6) is 0. The van der Waals surface area contributed by atoms with Gasteiger partial charge in [0.05, 0.1) is 6.54 Å². The first-order valence-corrected chi connectivity index (χ1v) is 6.34. The quantitative estimate of drug-likeness (QED) is 0.897. The van der Waals surface area contributed by atoms with Gasteiger partial charge in [0, 0.05) is 24.8 Å². The first-order chi connectivity index (χ1) is 9.42. The predicted octanol–water partition coefficient (Wildman–Crippen LogP) is 2.44. The number of halogens is 3. The van der Waals surface area contributed by atoms with E-state index in [1.54, 1.807) is 24.3 Å². The molecule has 1 heterocycles. The first-order valence-electron chi connectivity index (χ1n) is 6.34. The van der Waals surface area contributed by atoms with Crippen molar-refractivity contribution in [2.45, 2.75) is 18.6 Å². The molecule has 1 fully saturated rings. The molecule has 0 saturated carbocycles. The van der Waals surface area contributed by atoms with Crippen LogP contribution in [-0.2, 0) is 0 Å². The summed E-state index contributed by atoms with van der Waals surface area (Å²) in [6, 6.07) is 8.24. The minimum absolute atomic E-state index is 0.224. The lowest BCUT2D eigenvalue weighted by atomic mass is 10.3. The highest BCUT2D eigenvalue weighted by atomic mass is 19.4. The summed E-state index contributed by atoms with van der Waals surface area (Å²) in [6.45, 7) is -0.358. The third kappa shape index (κ3) is 4.73. The zero-order valence-corrected chi connectivity index (χ0v) is 10.8. The van der Waals surface area contributed by atoms with Crippen molar-refractivity contribution in [2.24, 2.45) is 0 Å². The number of hydrogen-bond acceptors (Lipinski definition) is 2. The molecule has 1 aliphatic heterocycles. The van der Waals surface area contributed by atoms with Crippen LogP contribution in [0.25, 0.3) is 0 Å². The molecular formula is C13H16F3N3O. The van der Waals surface area contributed by atoms with Gasteiger partial charge in [-0.3, -0.25) is 4.90 Å². The normalized spacial score (nSPS) is 19.9. The number of rotatable bonds is 3. The summed E-state index contributed by atoms with van der Waals surface area (Å²) >= 11 is 0. The lowest BCUT2D eigenvalue weighted by molar-refractivity contribution is -0.143. The van der Waals surface area contributed by atoms with Crippen LogP contribution in [0.2, 0.25) is 0 Å². The van der Waals surface area contributed by atoms with Gasteiger partial charge in [-0.25, -0.2) is 4.79 Å². The molecule has 1 aliphatic rings. The molecule has 2 amide bonds. The van der Waals surface area contributed by atoms with Gasteiger partial charge in [-0.1, -0.05) is 18.2 Å². The smallest absolute Gasteiger partial charge is 0.334 e. The average molecular weight is 287 g/mol. The van der Waals surface area contributed by atoms with Gasteiger partial charge in [0.15, 0.2) is 0 Å². The van der Waals surface area contributed by atoms with Gasteiger partial charge < -0.3 is 10.6 Å². The van der Waals surface area contributed by atoms with Crippen molar-refractivity contribution in [1.82, 2.24) is 10.2 Å². The number of nitrogens with zero attached hydrogens (tertiary/aromatic N) is 1. The van der Waals surface area contributed by atoms with E-state index in [2.05, 4.69) is 10.6 Å². The molecule has 1 aromatic carbocycles. The molecule has 0 aromatic heterocycles. The SMILES string of the molecule is O=C(Nc1ccccc1)NC1CCN(CC(F)(F)F)C1. The second kappa shape index (κ2) is 6.13. The van der Waals surface area contributed by atoms with E-state index in [-0.39, 0.29) is 12.6 Å². The molecule has 7 heteroatoms. The van der Waals surface area contributed by atoms with E-state index >= 15 is 0 Å². The van der Waals surface area contributed by atoms with Crippen LogP contribution in [0.3, 0.4) is 0 Å². The molecule has 4 nitrogen and oxygen atoms in total. The van der Waals surface area contributed by atoms with Gasteiger partial charge in [-0.15, -0.1) is 0 Å². The van der Waals surface area contributed by atoms with Crippen LogP contribution in [0.15, 0.2) is 30.3 Å². The number of benzene rings is 1. The highest BCUT2D eigenvalue weighted by Gasteiger charge is 2.34. The third-order valence-electron chi connectivity index (χ3n) is 3.04. The number of para-hydroxylation sites is 1. The second-order valence-electron chi connectivity index (χ2n) is 4.80. The van der Waals surface area contributed by atoms with Gasteiger partial charge in [0.25, 0.3) is 0 Å². The van der Waals surface area contributed by atoms with Crippen LogP contribution in [0, 0.1) is 0 Å². The molecule has 0 radical (unpaired) electrons. The van der Waals surface area contributed by atoms with Crippen LogP contribution < -0.4 is 10.6 Å². The molecule has 1 unspecified atom stereocenters. The van der Waals surface area contributed by atoms with Gasteiger partial charge in [0.1, 0.15) is 0 Å². The highest BCUT2D eigenvalue weighted by Crippen LogP contribution is 2.20. The maximum absolute atomic E-state index is 12.2. The van der Waals surface area contributed by atoms with Crippen LogP contribution >= 0.6 is 0 Å². The Balaban J connectivity index is 1.76. The molecule has 0 aliphatic carbocycles. The monoisotopic (exact) mass is 287 g/mol. The largest absolute Gasteiger partial charge is 0.401 e. The Bertz CT molecular complexity index is 450. The summed E-state index contributed by atoms with van der Waals surface area (Å²) in [6.07, 6.45) is -3.67. The molecule has 1 aromatic rings. The van der Waals surface area contributed by atoms with E-state index in [0.29, 0.717) is 18.7 Å². The van der Waals surface area contributed by atoms with Crippen LogP contribution in [0.4, 0.5) is 23.7 Å². The second-order valence-corrected chi connectivity index (χ2v) is 4.80. The lowest BCUT2D eigenvalue weighted by Gasteiger charge is -2.18. The Morgan fingerprint density at radius 1 is 1.30 bits per heavy atom. The molecule has 1 saturated heterocycles. The van der Waals surface area contributed by atoms with Gasteiger partial charge in [0.2, 0.25) is 0 Å². The standard InChI is InChI=1S/C13H16F3N3O/c14-13(15,16)9-19-7-6-11(8-19)18-12(20)17-10-4-2-1-3-5-10/h1-5,11H,6-9H2,(H2,17,18,20). The van der Waals surface area contributed by atoms with Crippen molar-refractivity contribution >= 4 is 11.7 Å². The topological polar surface area (TPSA) is 44.4 Å². The number of nitrogens with one attached hydrogen (secondary N) is 2. The molecule has 20 heavy (non-hydrogen) atoms. The zero-order valence-electron chi connectivity index (χ0n) is 10.8. The Hall–Kier alpha value is -1.76. The summed E-state index contributed by atoms with van der Waals surface area (Å²) in [7, 11) is 0. The third-order valence-corrected chi connectivity index (χ3v) is 3.04. The number of urea groups is 1. The summed E-state index contributed by atoms with van der Waals surface area (Å²) in [5.41, 5.74) is 0.648. The van der Waals surface area contributed by atoms with Crippen molar-refractivity contribution < 1.29 is 18.0 Å². The number of carbonyl (C=O) groups excluding carboxylic acids is 1. The minimum atomic E-state index is -4.19. The van der Waals surface area contributed by atoms with E-state index in [1.165, 1.54) is 4.90 Å². The van der Waals surface area contributed by atoms with Gasteiger partial charge in [-0.2, -0.15) is 13.2 Å². The molecule has 0 bridgehead atoms. The maximum Gasteiger partial charge on any atom is 0.401 e. The Morgan fingerprint density at radius 3 is 2.65 bits per heavy atom. The minimum Gasteiger partial charge on any atom is -0.334 e. The van der Waals surface area contributed by atoms with Crippen LogP contribution in [0.1, 0.15) is 6.42 Å². The number of carbonyl (C=O) groups is 1. The predicted molar refractivity (Wildman–Crippen MR) is 69.5 cm³/mol. The van der Waals surface area contributed by atoms with Crippen LogP contribution in [0.5, 0.6) is 0 Å². The maximum atomic E-state index is 12.2. The van der Waals surface area contributed by atoms with Crippen molar-refractivity contribution in [3.8, 4) is 0 Å². The molecule has 0 spiro atoms. The number of likely N-dealkylation sites (tertiary alicyclic amines) is 1. The molecule has 110 valence electrons. The van der Waals surface area contributed by atoms with E-state index in [1.807, 2.05) is 6.07 Å². The number of alkyl halides is 3. The molecule has 2 N–H and O–H groups in total. The Labute approximate surface area is 114 Å². The first kappa shape index (κ1) is 14.6. The Morgan fingerprint density at radius 2 is 2.00 bits per heavy atom. The molecular weight excluding hydrogens is 271 g/mol. The number of amides is 2. The average Bonchev–Trinajstić information content (AvgIpc) is 2.75. The highest BCUT2D eigenvalue weighted by molar-refractivity contribution is 5.89. The molecule has 1 atom stereocenters. The Kier molecular flexibility index (Phi) is 4.49. The summed E-state index contributed by atoms with van der Waals surface area (Å²) in [5, 5.41) is 5.33. The van der Waals surface area contributed by atoms with Crippen LogP contribution in [-0.4, -0.2) is 42.8 Å². The number of hydrogen-bond donors (Lipinski definition) is 2. The van der Waals surface area contributed by atoms with E-state index in [9.17, 15) is 18.0 Å². The lowest BCUT2D eigenvalue weighted by Crippen LogP contribution is -2.41. The van der Waals surface area contributed by atoms with E-state index < -0.39 is 18.8 Å². The van der Waals surface area contributed by atoms with Crippen molar-refractivity contribution in [2.75, 3.05) is 25.0 Å². The van der Waals surface area contributed by atoms with Crippen molar-refractivity contribution in [1.29, 1.82) is 0 Å². The van der Waals surface area contributed by atoms with Crippen molar-refractivity contribution in [3.63, 3.8) is 0 Å². The number of anilines is 1. The summed E-state index contributed by atoms with van der Waals surface area (Å²) in [4.78, 5) is 13.0. The van der Waals surface area contributed by atoms with E-state index in [4.69, 9.17) is 0 Å². The fraction of sp³-hybridized carbons (Fsp3) is 0.462. The van der Waals surface area contributed by atoms with Gasteiger partial charge in [-0.05, 0) is 18.6 Å². The van der Waals surface area contributed by atoms with E-state index in [0.717, 1.165) is 0 Å². The molecule has 2 rings (SSSR count). The summed E-state index contributed by atoms with van der Waals surface area (Å²) < 4.78 is 36.7. The van der Waals surface area contributed by atoms with Gasteiger partial charge >= 0.3 is 12.2 Å². The van der Waals surface area contributed by atoms with Crippen molar-refractivity contribution in [3.05, 3.63) is 30.3 Å². The fourth-order valence-electron chi connectivity index (χ4n) is 2.22. The zero-order chi connectivity index (χ0) is 14.6. The fourth-order valence-corrected chi connectivity index (χ4v) is 2.22.